The van der Waals surface area contributed by atoms with Gasteiger partial charge in [0, 0.05) is 50.4 Å². The smallest absolute Gasteiger partial charge is 0.0620 e. The van der Waals surface area contributed by atoms with Crippen LogP contribution in [0.1, 0.15) is 0 Å². The zero-order valence-corrected chi connectivity index (χ0v) is 18.2. The van der Waals surface area contributed by atoms with Crippen LogP contribution in [0.4, 0.5) is 0 Å². The largest absolute Gasteiger partial charge is 0.344 e. The van der Waals surface area contributed by atoms with Gasteiger partial charge in [-0.2, -0.15) is 0 Å². The molecule has 3 heterocycles. The first-order chi connectivity index (χ1) is 16.3. The topological polar surface area (TPSA) is 9.34 Å². The molecular formula is C31H20N2. The second kappa shape index (κ2) is 5.93. The number of rotatable bonds is 1. The van der Waals surface area contributed by atoms with E-state index in [1.54, 1.807) is 0 Å². The van der Waals surface area contributed by atoms with Crippen molar-refractivity contribution >= 4 is 59.9 Å². The van der Waals surface area contributed by atoms with E-state index in [-0.39, 0.29) is 0 Å². The minimum atomic E-state index is 1.25. The minimum absolute atomic E-state index is 1.25. The zero-order chi connectivity index (χ0) is 21.7. The molecule has 5 aromatic carbocycles. The highest BCUT2D eigenvalue weighted by Crippen LogP contribution is 2.42. The highest BCUT2D eigenvalue weighted by atomic mass is 14.9. The first kappa shape index (κ1) is 17.3. The van der Waals surface area contributed by atoms with Crippen molar-refractivity contribution < 1.29 is 0 Å². The van der Waals surface area contributed by atoms with E-state index >= 15 is 0 Å². The van der Waals surface area contributed by atoms with Gasteiger partial charge >= 0.3 is 0 Å². The molecule has 3 aromatic heterocycles. The molecule has 2 nitrogen and oxygen atoms in total. The molecule has 154 valence electrons. The average Bonchev–Trinajstić information content (AvgIpc) is 3.48. The van der Waals surface area contributed by atoms with Gasteiger partial charge < -0.3 is 8.97 Å². The number of para-hydroxylation sites is 2. The van der Waals surface area contributed by atoms with E-state index in [9.17, 15) is 0 Å². The monoisotopic (exact) mass is 420 g/mol. The molecule has 2 heteroatoms. The maximum atomic E-state index is 2.49. The van der Waals surface area contributed by atoms with Crippen LogP contribution in [-0.4, -0.2) is 8.97 Å². The standard InChI is InChI=1S/C31H20N2/c1-32-27-13-6-5-10-21(27)25-18-30-26(17-28(25)32)24-12-7-11-23-22-15-14-20(19-8-3-2-4-9-19)16-29(22)33(30)31(23)24/h2-18H,1H3. The molecule has 0 saturated carbocycles. The molecule has 0 spiro atoms. The summed E-state index contributed by atoms with van der Waals surface area (Å²) in [4.78, 5) is 0. The van der Waals surface area contributed by atoms with E-state index in [1.165, 1.54) is 71.0 Å². The Hall–Kier alpha value is -4.30. The van der Waals surface area contributed by atoms with Crippen LogP contribution in [0.2, 0.25) is 0 Å². The molecule has 0 unspecified atom stereocenters. The van der Waals surface area contributed by atoms with Crippen molar-refractivity contribution in [3.05, 3.63) is 103 Å². The number of hydrogen-bond acceptors (Lipinski definition) is 0. The van der Waals surface area contributed by atoms with Gasteiger partial charge in [0.1, 0.15) is 0 Å². The van der Waals surface area contributed by atoms with Gasteiger partial charge in [0.25, 0.3) is 0 Å². The van der Waals surface area contributed by atoms with Gasteiger partial charge in [0.05, 0.1) is 16.6 Å². The predicted octanol–water partition coefficient (Wildman–Crippen LogP) is 8.15. The lowest BCUT2D eigenvalue weighted by Crippen LogP contribution is -1.86. The Kier molecular flexibility index (Phi) is 3.11. The van der Waals surface area contributed by atoms with E-state index in [2.05, 4.69) is 119 Å². The van der Waals surface area contributed by atoms with Gasteiger partial charge in [-0.15, -0.1) is 0 Å². The van der Waals surface area contributed by atoms with Crippen LogP contribution in [0.3, 0.4) is 0 Å². The van der Waals surface area contributed by atoms with Gasteiger partial charge in [0.2, 0.25) is 0 Å². The molecule has 0 amide bonds. The summed E-state index contributed by atoms with van der Waals surface area (Å²) in [6, 6.07) is 37.8. The lowest BCUT2D eigenvalue weighted by molar-refractivity contribution is 1.02. The van der Waals surface area contributed by atoms with Crippen molar-refractivity contribution in [3.8, 4) is 11.1 Å². The van der Waals surface area contributed by atoms with Crippen LogP contribution in [0.25, 0.3) is 71.0 Å². The number of benzene rings is 5. The fourth-order valence-corrected chi connectivity index (χ4v) is 5.94. The summed E-state index contributed by atoms with van der Waals surface area (Å²) in [7, 11) is 2.18. The maximum absolute atomic E-state index is 2.49. The van der Waals surface area contributed by atoms with Crippen LogP contribution in [0.15, 0.2) is 103 Å². The van der Waals surface area contributed by atoms with Gasteiger partial charge in [-0.3, -0.25) is 0 Å². The quantitative estimate of drug-likeness (QED) is 0.253. The summed E-state index contributed by atoms with van der Waals surface area (Å²) in [6.07, 6.45) is 0. The third-order valence-corrected chi connectivity index (χ3v) is 7.46. The Labute approximate surface area is 190 Å². The number of aryl methyl sites for hydroxylation is 1. The molecule has 0 atom stereocenters. The van der Waals surface area contributed by atoms with Gasteiger partial charge in [-0.1, -0.05) is 78.9 Å². The molecule has 0 aliphatic heterocycles. The number of aromatic nitrogens is 2. The SMILES string of the molecule is Cn1c2ccccc2c2cc3c(cc21)c1cccc2c4ccc(-c5ccccc5)cc4n3c21. The third kappa shape index (κ3) is 2.08. The van der Waals surface area contributed by atoms with Crippen LogP contribution in [-0.2, 0) is 7.05 Å². The van der Waals surface area contributed by atoms with Crippen LogP contribution < -0.4 is 0 Å². The summed E-state index contributed by atoms with van der Waals surface area (Å²) in [5.41, 5.74) is 8.95. The number of hydrogen-bond donors (Lipinski definition) is 0. The first-order valence-corrected chi connectivity index (χ1v) is 11.4. The molecular weight excluding hydrogens is 400 g/mol. The molecule has 0 aliphatic rings. The Balaban J connectivity index is 1.60. The van der Waals surface area contributed by atoms with E-state index in [4.69, 9.17) is 0 Å². The second-order valence-electron chi connectivity index (χ2n) is 9.10. The van der Waals surface area contributed by atoms with Crippen molar-refractivity contribution in [1.29, 1.82) is 0 Å². The molecule has 8 rings (SSSR count). The van der Waals surface area contributed by atoms with Gasteiger partial charge in [0.15, 0.2) is 0 Å². The molecule has 0 bridgehead atoms. The lowest BCUT2D eigenvalue weighted by Gasteiger charge is -2.04. The summed E-state index contributed by atoms with van der Waals surface area (Å²) < 4.78 is 4.81. The lowest BCUT2D eigenvalue weighted by atomic mass is 10.0. The Bertz CT molecular complexity index is 2020. The fourth-order valence-electron chi connectivity index (χ4n) is 5.94. The molecule has 8 aromatic rings. The highest BCUT2D eigenvalue weighted by molar-refractivity contribution is 6.26. The maximum Gasteiger partial charge on any atom is 0.0620 e. The molecule has 33 heavy (non-hydrogen) atoms. The summed E-state index contributed by atoms with van der Waals surface area (Å²) >= 11 is 0. The third-order valence-electron chi connectivity index (χ3n) is 7.46. The van der Waals surface area contributed by atoms with E-state index in [1.807, 2.05) is 0 Å². The first-order valence-electron chi connectivity index (χ1n) is 11.4. The highest BCUT2D eigenvalue weighted by Gasteiger charge is 2.19. The van der Waals surface area contributed by atoms with E-state index < -0.39 is 0 Å². The number of nitrogens with zero attached hydrogens (tertiary/aromatic N) is 2. The summed E-state index contributed by atoms with van der Waals surface area (Å²) in [5, 5.41) is 7.91. The molecule has 0 saturated heterocycles. The summed E-state index contributed by atoms with van der Waals surface area (Å²) in [6.45, 7) is 0. The Morgan fingerprint density at radius 3 is 1.94 bits per heavy atom. The minimum Gasteiger partial charge on any atom is -0.344 e. The van der Waals surface area contributed by atoms with Crippen LogP contribution >= 0.6 is 0 Å². The summed E-state index contributed by atoms with van der Waals surface area (Å²) in [5.74, 6) is 0. The fraction of sp³-hybridized carbons (Fsp3) is 0.0323. The number of fused-ring (bicyclic) bond motifs is 9. The van der Waals surface area contributed by atoms with E-state index in [0.29, 0.717) is 0 Å². The Morgan fingerprint density at radius 2 is 1.06 bits per heavy atom. The van der Waals surface area contributed by atoms with E-state index in [0.717, 1.165) is 0 Å². The van der Waals surface area contributed by atoms with Crippen LogP contribution in [0.5, 0.6) is 0 Å². The second-order valence-corrected chi connectivity index (χ2v) is 9.10. The van der Waals surface area contributed by atoms with Crippen molar-refractivity contribution in [2.45, 2.75) is 0 Å². The zero-order valence-electron chi connectivity index (χ0n) is 18.2. The van der Waals surface area contributed by atoms with Crippen LogP contribution in [0, 0.1) is 0 Å². The molecule has 0 fully saturated rings. The normalized spacial score (nSPS) is 12.4. The van der Waals surface area contributed by atoms with Crippen molar-refractivity contribution in [3.63, 3.8) is 0 Å². The van der Waals surface area contributed by atoms with Crippen molar-refractivity contribution in [1.82, 2.24) is 8.97 Å². The average molecular weight is 421 g/mol. The van der Waals surface area contributed by atoms with Crippen molar-refractivity contribution in [2.75, 3.05) is 0 Å². The van der Waals surface area contributed by atoms with Crippen molar-refractivity contribution in [2.24, 2.45) is 7.05 Å². The molecule has 0 radical (unpaired) electrons. The molecule has 0 N–H and O–H groups in total. The van der Waals surface area contributed by atoms with Gasteiger partial charge in [-0.25, -0.2) is 0 Å². The molecule has 0 aliphatic carbocycles. The predicted molar refractivity (Wildman–Crippen MR) is 141 cm³/mol. The van der Waals surface area contributed by atoms with Gasteiger partial charge in [-0.05, 0) is 35.4 Å². The Morgan fingerprint density at radius 1 is 0.424 bits per heavy atom.